The minimum absolute atomic E-state index is 0.0210. The average molecular weight is 740 g/mol. The number of allylic oxidation sites excluding steroid dienone is 1. The van der Waals surface area contributed by atoms with Gasteiger partial charge in [-0.05, 0) is 141 Å². The van der Waals surface area contributed by atoms with Crippen molar-refractivity contribution in [3.63, 3.8) is 0 Å². The number of aromatic nitrogens is 1. The summed E-state index contributed by atoms with van der Waals surface area (Å²) in [5.41, 5.74) is 2.99. The fourth-order valence-electron chi connectivity index (χ4n) is 11.7. The highest BCUT2D eigenvalue weighted by Crippen LogP contribution is 2.67. The van der Waals surface area contributed by atoms with Crippen molar-refractivity contribution in [2.75, 3.05) is 13.2 Å². The highest BCUT2D eigenvalue weighted by molar-refractivity contribution is 5.89. The van der Waals surface area contributed by atoms with Crippen LogP contribution in [-0.2, 0) is 4.74 Å². The number of nitrogens with zero attached hydrogens (tertiary/aromatic N) is 1. The minimum Gasteiger partial charge on any atom is -0.494 e. The van der Waals surface area contributed by atoms with Crippen molar-refractivity contribution in [1.82, 2.24) is 4.98 Å². The SMILES string of the molecule is CC(C)CCC[C@@H](C)[C@H]1CC[C@H]2[C@@H]3CC=C4C[C@@H](OC(=O)c5ccc(OCCCCCCCCCCOc6ccncc6)cc5)CC[C@]4(C)[C@H]3CC[C@]12C. The van der Waals surface area contributed by atoms with E-state index in [4.69, 9.17) is 14.2 Å². The minimum atomic E-state index is -0.196. The van der Waals surface area contributed by atoms with Crippen LogP contribution in [0, 0.1) is 46.3 Å². The van der Waals surface area contributed by atoms with Gasteiger partial charge in [-0.3, -0.25) is 4.98 Å². The lowest BCUT2D eigenvalue weighted by Gasteiger charge is -2.58. The van der Waals surface area contributed by atoms with Gasteiger partial charge < -0.3 is 14.2 Å². The molecule has 0 spiro atoms. The monoisotopic (exact) mass is 740 g/mol. The van der Waals surface area contributed by atoms with Crippen LogP contribution < -0.4 is 9.47 Å². The Bertz CT molecular complexity index is 1470. The van der Waals surface area contributed by atoms with Gasteiger partial charge in [0, 0.05) is 18.8 Å². The van der Waals surface area contributed by atoms with Crippen molar-refractivity contribution in [2.24, 2.45) is 46.3 Å². The van der Waals surface area contributed by atoms with E-state index in [-0.39, 0.29) is 17.5 Å². The Morgan fingerprint density at radius 3 is 2.06 bits per heavy atom. The molecule has 5 heteroatoms. The summed E-state index contributed by atoms with van der Waals surface area (Å²) in [5, 5.41) is 0. The van der Waals surface area contributed by atoms with Crippen LogP contribution in [0.1, 0.15) is 167 Å². The lowest BCUT2D eigenvalue weighted by molar-refractivity contribution is -0.0594. The number of carbonyl (C=O) groups excluding carboxylic acids is 1. The number of ether oxygens (including phenoxy) is 3. The summed E-state index contributed by atoms with van der Waals surface area (Å²) < 4.78 is 17.9. The first-order chi connectivity index (χ1) is 26.2. The normalized spacial score (nSPS) is 29.4. The summed E-state index contributed by atoms with van der Waals surface area (Å²) >= 11 is 0. The summed E-state index contributed by atoms with van der Waals surface area (Å²) in [4.78, 5) is 17.3. The van der Waals surface area contributed by atoms with Gasteiger partial charge in [0.2, 0.25) is 0 Å². The van der Waals surface area contributed by atoms with Crippen molar-refractivity contribution < 1.29 is 19.0 Å². The van der Waals surface area contributed by atoms with Crippen molar-refractivity contribution in [2.45, 2.75) is 163 Å². The zero-order chi connectivity index (χ0) is 38.0. The van der Waals surface area contributed by atoms with Crippen molar-refractivity contribution in [1.29, 1.82) is 0 Å². The van der Waals surface area contributed by atoms with Crippen LogP contribution in [0.15, 0.2) is 60.4 Å². The lowest BCUT2D eigenvalue weighted by atomic mass is 9.47. The van der Waals surface area contributed by atoms with E-state index >= 15 is 0 Å². The van der Waals surface area contributed by atoms with Crippen LogP contribution in [0.4, 0.5) is 0 Å². The van der Waals surface area contributed by atoms with Crippen LogP contribution in [0.3, 0.4) is 0 Å². The van der Waals surface area contributed by atoms with E-state index in [1.165, 1.54) is 89.9 Å². The van der Waals surface area contributed by atoms with Crippen molar-refractivity contribution >= 4 is 5.97 Å². The smallest absolute Gasteiger partial charge is 0.338 e. The fourth-order valence-corrected chi connectivity index (χ4v) is 11.7. The second-order valence-electron chi connectivity index (χ2n) is 18.8. The molecule has 0 N–H and O–H groups in total. The quantitative estimate of drug-likeness (QED) is 0.0769. The molecule has 0 unspecified atom stereocenters. The predicted molar refractivity (Wildman–Crippen MR) is 221 cm³/mol. The van der Waals surface area contributed by atoms with E-state index in [9.17, 15) is 4.79 Å². The van der Waals surface area contributed by atoms with E-state index < -0.39 is 0 Å². The van der Waals surface area contributed by atoms with E-state index in [0.29, 0.717) is 17.6 Å². The van der Waals surface area contributed by atoms with Crippen LogP contribution in [-0.4, -0.2) is 30.3 Å². The molecule has 3 fully saturated rings. The molecule has 1 aromatic carbocycles. The van der Waals surface area contributed by atoms with Crippen LogP contribution in [0.25, 0.3) is 0 Å². The van der Waals surface area contributed by atoms with Gasteiger partial charge >= 0.3 is 5.97 Å². The molecule has 0 amide bonds. The molecule has 1 heterocycles. The molecule has 298 valence electrons. The number of unbranched alkanes of at least 4 members (excludes halogenated alkanes) is 7. The highest BCUT2D eigenvalue weighted by Gasteiger charge is 2.59. The number of rotatable bonds is 20. The van der Waals surface area contributed by atoms with Gasteiger partial charge in [-0.15, -0.1) is 0 Å². The molecule has 54 heavy (non-hydrogen) atoms. The maximum absolute atomic E-state index is 13.3. The third kappa shape index (κ3) is 10.1. The summed E-state index contributed by atoms with van der Waals surface area (Å²) in [7, 11) is 0. The molecular weight excluding hydrogens is 667 g/mol. The van der Waals surface area contributed by atoms with Gasteiger partial charge in [-0.1, -0.05) is 104 Å². The predicted octanol–water partition coefficient (Wildman–Crippen LogP) is 13.2. The number of carbonyl (C=O) groups is 1. The lowest BCUT2D eigenvalue weighted by Crippen LogP contribution is -2.51. The van der Waals surface area contributed by atoms with Crippen LogP contribution >= 0.6 is 0 Å². The number of esters is 1. The van der Waals surface area contributed by atoms with E-state index in [0.717, 1.165) is 85.7 Å². The van der Waals surface area contributed by atoms with Crippen molar-refractivity contribution in [3.05, 3.63) is 66.0 Å². The number of pyridine rings is 1. The summed E-state index contributed by atoms with van der Waals surface area (Å²) in [6, 6.07) is 11.4. The number of hydrogen-bond donors (Lipinski definition) is 0. The molecule has 0 radical (unpaired) electrons. The van der Waals surface area contributed by atoms with Gasteiger partial charge in [0.15, 0.2) is 0 Å². The third-order valence-electron chi connectivity index (χ3n) is 14.8. The first-order valence-corrected chi connectivity index (χ1v) is 22.3. The molecule has 3 saturated carbocycles. The largest absolute Gasteiger partial charge is 0.494 e. The van der Waals surface area contributed by atoms with Gasteiger partial charge in [-0.2, -0.15) is 0 Å². The Labute approximate surface area is 328 Å². The highest BCUT2D eigenvalue weighted by atomic mass is 16.5. The second-order valence-corrected chi connectivity index (χ2v) is 18.8. The average Bonchev–Trinajstić information content (AvgIpc) is 3.53. The Kier molecular flexibility index (Phi) is 14.6. The fraction of sp³-hybridized carbons (Fsp3) is 0.714. The van der Waals surface area contributed by atoms with Gasteiger partial charge in [0.1, 0.15) is 17.6 Å². The topological polar surface area (TPSA) is 57.7 Å². The Morgan fingerprint density at radius 1 is 0.741 bits per heavy atom. The molecule has 8 atom stereocenters. The second kappa shape index (κ2) is 19.4. The summed E-state index contributed by atoms with van der Waals surface area (Å²) in [6.45, 7) is 14.1. The van der Waals surface area contributed by atoms with Gasteiger partial charge in [-0.25, -0.2) is 4.79 Å². The van der Waals surface area contributed by atoms with E-state index in [1.54, 1.807) is 18.0 Å². The first-order valence-electron chi connectivity index (χ1n) is 22.3. The number of hydrogen-bond acceptors (Lipinski definition) is 5. The van der Waals surface area contributed by atoms with Gasteiger partial charge in [0.25, 0.3) is 0 Å². The maximum Gasteiger partial charge on any atom is 0.338 e. The summed E-state index contributed by atoms with van der Waals surface area (Å²) in [6.07, 6.45) is 29.9. The third-order valence-corrected chi connectivity index (χ3v) is 14.8. The van der Waals surface area contributed by atoms with E-state index in [1.807, 2.05) is 36.4 Å². The molecule has 4 aliphatic carbocycles. The number of benzene rings is 1. The molecule has 0 bridgehead atoms. The zero-order valence-corrected chi connectivity index (χ0v) is 34.7. The Morgan fingerprint density at radius 2 is 1.39 bits per heavy atom. The number of fused-ring (bicyclic) bond motifs is 5. The molecule has 5 nitrogen and oxygen atoms in total. The van der Waals surface area contributed by atoms with Crippen LogP contribution in [0.2, 0.25) is 0 Å². The standard InChI is InChI=1S/C49H73NO4/c1-36(2)15-14-16-37(3)44-23-24-45-43-22-19-39-35-42(25-29-48(39,4)46(43)26-30-49(44,45)5)54-47(51)38-17-20-40(21-18-38)52-33-12-10-8-6-7-9-11-13-34-53-41-27-31-50-32-28-41/h17-21,27-28,31-32,36-37,42-46H,6-16,22-26,29-30,33-35H2,1-5H3/t37-,42+,43+,44-,45+,46+,48+,49-/m1/s1. The maximum atomic E-state index is 13.3. The van der Waals surface area contributed by atoms with Gasteiger partial charge in [0.05, 0.1) is 18.8 Å². The Hall–Kier alpha value is -2.82. The molecule has 2 aromatic rings. The molecule has 1 aromatic heterocycles. The molecule has 6 rings (SSSR count). The van der Waals surface area contributed by atoms with Crippen molar-refractivity contribution in [3.8, 4) is 11.5 Å². The first kappa shape index (κ1) is 40.8. The Balaban J connectivity index is 0.871. The zero-order valence-electron chi connectivity index (χ0n) is 34.7. The molecule has 0 saturated heterocycles. The van der Waals surface area contributed by atoms with E-state index in [2.05, 4.69) is 45.7 Å². The molecular formula is C49H73NO4. The van der Waals surface area contributed by atoms with Crippen LogP contribution in [0.5, 0.6) is 11.5 Å². The molecule has 4 aliphatic rings. The molecule has 0 aliphatic heterocycles. The summed E-state index contributed by atoms with van der Waals surface area (Å²) in [5.74, 6) is 6.60.